The van der Waals surface area contributed by atoms with E-state index in [1.807, 2.05) is 12.1 Å². The van der Waals surface area contributed by atoms with E-state index in [9.17, 15) is 10.5 Å². The Kier molecular flexibility index (Phi) is 4.71. The van der Waals surface area contributed by atoms with Gasteiger partial charge in [0, 0.05) is 12.1 Å². The molecule has 0 saturated heterocycles. The molecular weight excluding hydrogens is 320 g/mol. The summed E-state index contributed by atoms with van der Waals surface area (Å²) in [5.41, 5.74) is 5.20. The maximum atomic E-state index is 9.70. The van der Waals surface area contributed by atoms with E-state index in [1.54, 1.807) is 0 Å². The molecule has 4 atom stereocenters. The Labute approximate surface area is 154 Å². The first kappa shape index (κ1) is 16.8. The smallest absolute Gasteiger partial charge is 0.125 e. The van der Waals surface area contributed by atoms with Crippen molar-refractivity contribution in [1.82, 2.24) is 10.6 Å². The number of benzene rings is 2. The van der Waals surface area contributed by atoms with Crippen LogP contribution in [0.25, 0.3) is 0 Å². The number of hydrogen-bond donors (Lipinski definition) is 2. The fourth-order valence-electron chi connectivity index (χ4n) is 4.31. The molecule has 0 amide bonds. The Morgan fingerprint density at radius 3 is 1.58 bits per heavy atom. The molecule has 2 aromatic carbocycles. The van der Waals surface area contributed by atoms with Crippen LogP contribution >= 0.6 is 0 Å². The van der Waals surface area contributed by atoms with Crippen molar-refractivity contribution in [2.24, 2.45) is 0 Å². The molecule has 4 heteroatoms. The third-order valence-electron chi connectivity index (χ3n) is 5.64. The van der Waals surface area contributed by atoms with Crippen LogP contribution in [0.2, 0.25) is 0 Å². The van der Waals surface area contributed by atoms with Crippen molar-refractivity contribution in [2.75, 3.05) is 0 Å². The summed E-state index contributed by atoms with van der Waals surface area (Å²) in [4.78, 5) is 0. The van der Waals surface area contributed by atoms with E-state index < -0.39 is 12.1 Å². The molecule has 2 aliphatic carbocycles. The molecule has 130 valence electrons. The number of rotatable bonds is 5. The summed E-state index contributed by atoms with van der Waals surface area (Å²) >= 11 is 0. The van der Waals surface area contributed by atoms with Crippen LogP contribution in [0.3, 0.4) is 0 Å². The van der Waals surface area contributed by atoms with Crippen molar-refractivity contribution >= 4 is 0 Å². The van der Waals surface area contributed by atoms with Crippen LogP contribution in [0.1, 0.15) is 47.2 Å². The number of nitriles is 2. The van der Waals surface area contributed by atoms with Gasteiger partial charge in [-0.3, -0.25) is 10.6 Å². The molecular formula is C22H22N4. The molecule has 0 heterocycles. The van der Waals surface area contributed by atoms with E-state index in [2.05, 4.69) is 59.2 Å². The second-order valence-corrected chi connectivity index (χ2v) is 7.13. The molecule has 0 radical (unpaired) electrons. The van der Waals surface area contributed by atoms with Gasteiger partial charge in [0.05, 0.1) is 12.1 Å². The number of nitrogens with one attached hydrogen (secondary N) is 2. The van der Waals surface area contributed by atoms with E-state index in [4.69, 9.17) is 0 Å². The predicted molar refractivity (Wildman–Crippen MR) is 100 cm³/mol. The van der Waals surface area contributed by atoms with Gasteiger partial charge in [0.1, 0.15) is 12.1 Å². The molecule has 0 spiro atoms. The summed E-state index contributed by atoms with van der Waals surface area (Å²) in [5.74, 6) is 0. The fraction of sp³-hybridized carbons (Fsp3) is 0.364. The standard InChI is InChI=1S/C22H22N4/c23-13-21(25-19-11-9-15-5-1-3-7-17(15)19)22(14-24)26-20-12-10-16-6-2-4-8-18(16)20/h1-8,19-22,25-26H,9-12H2. The van der Waals surface area contributed by atoms with Crippen LogP contribution in [0, 0.1) is 22.7 Å². The monoisotopic (exact) mass is 342 g/mol. The van der Waals surface area contributed by atoms with Gasteiger partial charge in [0.2, 0.25) is 0 Å². The first-order valence-corrected chi connectivity index (χ1v) is 9.27. The number of fused-ring (bicyclic) bond motifs is 2. The van der Waals surface area contributed by atoms with Gasteiger partial charge in [-0.05, 0) is 47.9 Å². The van der Waals surface area contributed by atoms with Gasteiger partial charge in [-0.15, -0.1) is 0 Å². The van der Waals surface area contributed by atoms with E-state index in [0.717, 1.165) is 25.7 Å². The van der Waals surface area contributed by atoms with Gasteiger partial charge in [-0.25, -0.2) is 0 Å². The normalized spacial score (nSPS) is 22.7. The Morgan fingerprint density at radius 1 is 0.731 bits per heavy atom. The molecule has 0 bridgehead atoms. The van der Waals surface area contributed by atoms with Crippen molar-refractivity contribution in [1.29, 1.82) is 10.5 Å². The van der Waals surface area contributed by atoms with E-state index in [1.165, 1.54) is 22.3 Å². The highest BCUT2D eigenvalue weighted by atomic mass is 15.1. The summed E-state index contributed by atoms with van der Waals surface area (Å²) < 4.78 is 0. The lowest BCUT2D eigenvalue weighted by Crippen LogP contribution is -2.48. The molecule has 26 heavy (non-hydrogen) atoms. The maximum absolute atomic E-state index is 9.70. The summed E-state index contributed by atoms with van der Waals surface area (Å²) in [7, 11) is 0. The minimum Gasteiger partial charge on any atom is -0.293 e. The summed E-state index contributed by atoms with van der Waals surface area (Å²) in [5, 5.41) is 26.3. The van der Waals surface area contributed by atoms with Crippen LogP contribution in [-0.2, 0) is 12.8 Å². The minimum absolute atomic E-state index is 0.143. The second kappa shape index (κ2) is 7.30. The Balaban J connectivity index is 1.48. The molecule has 0 aromatic heterocycles. The first-order valence-electron chi connectivity index (χ1n) is 9.27. The van der Waals surface area contributed by atoms with Crippen molar-refractivity contribution in [3.63, 3.8) is 0 Å². The molecule has 2 N–H and O–H groups in total. The van der Waals surface area contributed by atoms with Crippen molar-refractivity contribution in [2.45, 2.75) is 49.9 Å². The van der Waals surface area contributed by atoms with E-state index in [-0.39, 0.29) is 12.1 Å². The Bertz CT molecular complexity index is 803. The lowest BCUT2D eigenvalue weighted by atomic mass is 10.0. The largest absolute Gasteiger partial charge is 0.293 e. The van der Waals surface area contributed by atoms with Gasteiger partial charge < -0.3 is 0 Å². The van der Waals surface area contributed by atoms with Crippen LogP contribution in [0.4, 0.5) is 0 Å². The van der Waals surface area contributed by atoms with Crippen LogP contribution < -0.4 is 10.6 Å². The van der Waals surface area contributed by atoms with Crippen molar-refractivity contribution in [3.8, 4) is 12.1 Å². The van der Waals surface area contributed by atoms with Crippen LogP contribution in [0.15, 0.2) is 48.5 Å². The highest BCUT2D eigenvalue weighted by molar-refractivity contribution is 5.36. The van der Waals surface area contributed by atoms with Gasteiger partial charge in [0.15, 0.2) is 0 Å². The molecule has 2 aromatic rings. The SMILES string of the molecule is N#CC(NC1CCc2ccccc21)C(C#N)NC1CCc2ccccc21. The summed E-state index contributed by atoms with van der Waals surface area (Å²) in [6.45, 7) is 0. The average Bonchev–Trinajstić information content (AvgIpc) is 3.29. The van der Waals surface area contributed by atoms with Gasteiger partial charge in [0.25, 0.3) is 0 Å². The van der Waals surface area contributed by atoms with Crippen LogP contribution in [-0.4, -0.2) is 12.1 Å². The summed E-state index contributed by atoms with van der Waals surface area (Å²) in [6.07, 6.45) is 3.99. The molecule has 0 aliphatic heterocycles. The molecule has 0 fully saturated rings. The second-order valence-electron chi connectivity index (χ2n) is 7.13. The van der Waals surface area contributed by atoms with Gasteiger partial charge in [-0.1, -0.05) is 48.5 Å². The zero-order valence-electron chi connectivity index (χ0n) is 14.7. The fourth-order valence-corrected chi connectivity index (χ4v) is 4.31. The highest BCUT2D eigenvalue weighted by Crippen LogP contribution is 2.33. The Hall–Kier alpha value is -2.66. The first-order chi connectivity index (χ1) is 12.8. The van der Waals surface area contributed by atoms with Gasteiger partial charge >= 0.3 is 0 Å². The number of nitrogens with zero attached hydrogens (tertiary/aromatic N) is 2. The zero-order chi connectivity index (χ0) is 17.9. The molecule has 4 unspecified atom stereocenters. The van der Waals surface area contributed by atoms with Crippen LogP contribution in [0.5, 0.6) is 0 Å². The lowest BCUT2D eigenvalue weighted by Gasteiger charge is -2.25. The molecule has 4 rings (SSSR count). The van der Waals surface area contributed by atoms with Crippen molar-refractivity contribution < 1.29 is 0 Å². The predicted octanol–water partition coefficient (Wildman–Crippen LogP) is 3.32. The topological polar surface area (TPSA) is 71.6 Å². The lowest BCUT2D eigenvalue weighted by molar-refractivity contribution is 0.392. The van der Waals surface area contributed by atoms with Gasteiger partial charge in [-0.2, -0.15) is 10.5 Å². The quantitative estimate of drug-likeness (QED) is 0.874. The third kappa shape index (κ3) is 3.10. The number of hydrogen-bond acceptors (Lipinski definition) is 4. The van der Waals surface area contributed by atoms with E-state index in [0.29, 0.717) is 0 Å². The zero-order valence-corrected chi connectivity index (χ0v) is 14.7. The number of aryl methyl sites for hydroxylation is 2. The summed E-state index contributed by atoms with van der Waals surface area (Å²) in [6, 6.07) is 20.6. The molecule has 0 saturated carbocycles. The minimum atomic E-state index is -0.538. The van der Waals surface area contributed by atoms with Crippen molar-refractivity contribution in [3.05, 3.63) is 70.8 Å². The molecule has 2 aliphatic rings. The molecule has 4 nitrogen and oxygen atoms in total. The Morgan fingerprint density at radius 2 is 1.15 bits per heavy atom. The third-order valence-corrected chi connectivity index (χ3v) is 5.64. The maximum Gasteiger partial charge on any atom is 0.125 e. The highest BCUT2D eigenvalue weighted by Gasteiger charge is 2.31. The van der Waals surface area contributed by atoms with E-state index >= 15 is 0 Å². The average molecular weight is 342 g/mol.